The van der Waals surface area contributed by atoms with Gasteiger partial charge in [0.05, 0.1) is 32.1 Å². The summed E-state index contributed by atoms with van der Waals surface area (Å²) < 4.78 is 18.0. The van der Waals surface area contributed by atoms with Gasteiger partial charge in [0.15, 0.2) is 6.29 Å². The molecule has 2 aromatic carbocycles. The van der Waals surface area contributed by atoms with E-state index < -0.39 is 36.4 Å². The molecule has 4 rings (SSSR count). The van der Waals surface area contributed by atoms with Crippen molar-refractivity contribution >= 4 is 28.4 Å². The van der Waals surface area contributed by atoms with E-state index in [4.69, 9.17) is 14.2 Å². The van der Waals surface area contributed by atoms with Gasteiger partial charge in [-0.05, 0) is 40.6 Å². The normalized spacial score (nSPS) is 22.9. The third-order valence-electron chi connectivity index (χ3n) is 7.05. The van der Waals surface area contributed by atoms with Gasteiger partial charge in [-0.1, -0.05) is 30.3 Å². The molecule has 1 saturated heterocycles. The molecule has 5 atom stereocenters. The maximum absolute atomic E-state index is 12.6. The molecule has 0 unspecified atom stereocenters. The number of hydrogen-bond acceptors (Lipinski definition) is 10. The number of aliphatic hydroxyl groups is 2. The maximum atomic E-state index is 12.6. The van der Waals surface area contributed by atoms with E-state index in [1.54, 1.807) is 19.2 Å². The zero-order chi connectivity index (χ0) is 29.5. The predicted octanol–water partition coefficient (Wildman–Crippen LogP) is 1.47. The lowest BCUT2D eigenvalue weighted by Gasteiger charge is -2.40. The summed E-state index contributed by atoms with van der Waals surface area (Å²) in [5, 5.41) is 43.0. The summed E-state index contributed by atoms with van der Waals surface area (Å²) in [7, 11) is 5.41. The van der Waals surface area contributed by atoms with Gasteiger partial charge >= 0.3 is 0 Å². The molecule has 12 heteroatoms. The molecule has 0 bridgehead atoms. The Bertz CT molecular complexity index is 1410. The zero-order valence-corrected chi connectivity index (χ0v) is 23.6. The minimum Gasteiger partial charge on any atom is -0.390 e. The number of amides is 1. The number of carbonyl (C=O) groups is 1. The quantitative estimate of drug-likeness (QED) is 0.177. The highest BCUT2D eigenvalue weighted by Gasteiger charge is 2.42. The SMILES string of the molecule is CO[C@H]1O[C@H](Cn2cc(COCCNC(=O)/C(C#N)=C/c3ccc4cc(N(C)C)ccc4c3)nn2)[C@@H](O)[C@H](C)[C@H]1O. The van der Waals surface area contributed by atoms with Crippen LogP contribution in [0.4, 0.5) is 5.69 Å². The minimum absolute atomic E-state index is 0.00173. The summed E-state index contributed by atoms with van der Waals surface area (Å²) in [4.78, 5) is 14.6. The van der Waals surface area contributed by atoms with Gasteiger partial charge in [0, 0.05) is 39.4 Å². The van der Waals surface area contributed by atoms with Crippen molar-refractivity contribution in [3.63, 3.8) is 0 Å². The van der Waals surface area contributed by atoms with E-state index in [0.29, 0.717) is 5.69 Å². The number of ether oxygens (including phenoxy) is 3. The number of rotatable bonds is 11. The van der Waals surface area contributed by atoms with Gasteiger partial charge in [0.25, 0.3) is 5.91 Å². The van der Waals surface area contributed by atoms with Gasteiger partial charge in [0.1, 0.15) is 29.5 Å². The standard InChI is InChI=1S/C29H36N6O6/c1-18-26(36)25(41-29(39-4)27(18)37)16-35-15-23(32-33-35)17-40-10-9-31-28(38)22(14-30)12-19-5-6-21-13-24(34(2)3)8-7-20(21)11-19/h5-8,11-13,15,18,25-27,29,36-37H,9-10,16-17H2,1-4H3,(H,31,38)/b22-12+/t18-,25+,26-,27+,29-/m0/s1. The van der Waals surface area contributed by atoms with E-state index in [1.807, 2.05) is 55.4 Å². The number of hydrogen-bond donors (Lipinski definition) is 3. The van der Waals surface area contributed by atoms with Crippen LogP contribution in [0.5, 0.6) is 0 Å². The topological polar surface area (TPSA) is 155 Å². The molecule has 1 fully saturated rings. The van der Waals surface area contributed by atoms with E-state index in [0.717, 1.165) is 22.0 Å². The molecule has 3 aromatic rings. The Morgan fingerprint density at radius 1 is 1.22 bits per heavy atom. The summed E-state index contributed by atoms with van der Waals surface area (Å²) in [5.41, 5.74) is 2.41. The van der Waals surface area contributed by atoms with Gasteiger partial charge in [-0.15, -0.1) is 5.10 Å². The largest absolute Gasteiger partial charge is 0.390 e. The van der Waals surface area contributed by atoms with Crippen LogP contribution in [0, 0.1) is 17.2 Å². The number of nitriles is 1. The van der Waals surface area contributed by atoms with E-state index in [1.165, 1.54) is 11.8 Å². The molecule has 1 amide bonds. The van der Waals surface area contributed by atoms with Gasteiger partial charge in [-0.3, -0.25) is 4.79 Å². The fraction of sp³-hybridized carbons (Fsp3) is 0.448. The van der Waals surface area contributed by atoms with Gasteiger partial charge in [-0.2, -0.15) is 5.26 Å². The van der Waals surface area contributed by atoms with Crippen LogP contribution in [-0.2, 0) is 32.2 Å². The number of aliphatic hydroxyl groups excluding tert-OH is 2. The number of methoxy groups -OCH3 is 1. The number of aromatic nitrogens is 3. The van der Waals surface area contributed by atoms with Crippen molar-refractivity contribution in [3.8, 4) is 6.07 Å². The zero-order valence-electron chi connectivity index (χ0n) is 23.6. The minimum atomic E-state index is -0.929. The molecule has 1 aliphatic rings. The molecular weight excluding hydrogens is 528 g/mol. The van der Waals surface area contributed by atoms with E-state index >= 15 is 0 Å². The third-order valence-corrected chi connectivity index (χ3v) is 7.05. The van der Waals surface area contributed by atoms with Crippen LogP contribution in [-0.4, -0.2) is 90.1 Å². The average molecular weight is 565 g/mol. The summed E-state index contributed by atoms with van der Waals surface area (Å²) in [6, 6.07) is 13.9. The van der Waals surface area contributed by atoms with E-state index in [9.17, 15) is 20.3 Å². The third kappa shape index (κ3) is 7.46. The summed E-state index contributed by atoms with van der Waals surface area (Å²) in [6.07, 6.45) is -0.0436. The molecule has 218 valence electrons. The van der Waals surface area contributed by atoms with Crippen LogP contribution in [0.3, 0.4) is 0 Å². The van der Waals surface area contributed by atoms with Crippen molar-refractivity contribution in [2.75, 3.05) is 39.3 Å². The second-order valence-electron chi connectivity index (χ2n) is 10.2. The Hall–Kier alpha value is -3.86. The van der Waals surface area contributed by atoms with Gasteiger partial charge in [-0.25, -0.2) is 4.68 Å². The lowest BCUT2D eigenvalue weighted by Crippen LogP contribution is -2.54. The Morgan fingerprint density at radius 2 is 1.98 bits per heavy atom. The van der Waals surface area contributed by atoms with Crippen LogP contribution < -0.4 is 10.2 Å². The lowest BCUT2D eigenvalue weighted by molar-refractivity contribution is -0.277. The van der Waals surface area contributed by atoms with Crippen molar-refractivity contribution in [1.82, 2.24) is 20.3 Å². The van der Waals surface area contributed by atoms with Crippen LogP contribution in [0.15, 0.2) is 48.2 Å². The molecule has 1 aromatic heterocycles. The number of benzene rings is 2. The molecule has 0 saturated carbocycles. The predicted molar refractivity (Wildman–Crippen MR) is 151 cm³/mol. The lowest BCUT2D eigenvalue weighted by atomic mass is 9.90. The highest BCUT2D eigenvalue weighted by Crippen LogP contribution is 2.27. The summed E-state index contributed by atoms with van der Waals surface area (Å²) in [6.45, 7) is 2.52. The average Bonchev–Trinajstić information content (AvgIpc) is 3.42. The Morgan fingerprint density at radius 3 is 2.71 bits per heavy atom. The second kappa shape index (κ2) is 13.7. The van der Waals surface area contributed by atoms with E-state index in [2.05, 4.69) is 21.7 Å². The Labute approximate surface area is 238 Å². The maximum Gasteiger partial charge on any atom is 0.262 e. The molecular formula is C29H36N6O6. The van der Waals surface area contributed by atoms with Crippen molar-refractivity contribution in [3.05, 3.63) is 59.4 Å². The molecule has 3 N–H and O–H groups in total. The van der Waals surface area contributed by atoms with Crippen molar-refractivity contribution in [2.24, 2.45) is 5.92 Å². The fourth-order valence-corrected chi connectivity index (χ4v) is 4.59. The van der Waals surface area contributed by atoms with Crippen LogP contribution in [0.1, 0.15) is 18.2 Å². The number of fused-ring (bicyclic) bond motifs is 1. The van der Waals surface area contributed by atoms with Crippen LogP contribution in [0.25, 0.3) is 16.8 Å². The van der Waals surface area contributed by atoms with Crippen LogP contribution >= 0.6 is 0 Å². The number of nitrogens with zero attached hydrogens (tertiary/aromatic N) is 5. The molecule has 1 aliphatic heterocycles. The number of nitrogens with one attached hydrogen (secondary N) is 1. The van der Waals surface area contributed by atoms with Crippen molar-refractivity contribution in [2.45, 2.75) is 44.7 Å². The molecule has 12 nitrogen and oxygen atoms in total. The highest BCUT2D eigenvalue weighted by atomic mass is 16.7. The van der Waals surface area contributed by atoms with Gasteiger partial charge in [0.2, 0.25) is 0 Å². The molecule has 0 aliphatic carbocycles. The highest BCUT2D eigenvalue weighted by molar-refractivity contribution is 6.02. The van der Waals surface area contributed by atoms with Crippen molar-refractivity contribution < 1.29 is 29.2 Å². The van der Waals surface area contributed by atoms with E-state index in [-0.39, 0.29) is 31.9 Å². The van der Waals surface area contributed by atoms with Gasteiger partial charge < -0.3 is 34.6 Å². The molecule has 41 heavy (non-hydrogen) atoms. The van der Waals surface area contributed by atoms with Crippen molar-refractivity contribution in [1.29, 1.82) is 5.26 Å². The first-order valence-electron chi connectivity index (χ1n) is 13.3. The first kappa shape index (κ1) is 30.1. The molecule has 0 spiro atoms. The fourth-order valence-electron chi connectivity index (χ4n) is 4.59. The molecule has 0 radical (unpaired) electrons. The van der Waals surface area contributed by atoms with Crippen LogP contribution in [0.2, 0.25) is 0 Å². The Balaban J connectivity index is 1.23. The number of anilines is 1. The molecule has 2 heterocycles. The second-order valence-corrected chi connectivity index (χ2v) is 10.2. The first-order valence-corrected chi connectivity index (χ1v) is 13.3. The first-order chi connectivity index (χ1) is 19.7. The number of carbonyl (C=O) groups excluding carboxylic acids is 1. The summed E-state index contributed by atoms with van der Waals surface area (Å²) >= 11 is 0. The monoisotopic (exact) mass is 564 g/mol. The smallest absolute Gasteiger partial charge is 0.262 e. The summed E-state index contributed by atoms with van der Waals surface area (Å²) in [5.74, 6) is -0.911. The Kier molecular flexibility index (Phi) is 10.0.